The molecule has 1 aromatic heterocycles. The predicted octanol–water partition coefficient (Wildman–Crippen LogP) is 4.71. The van der Waals surface area contributed by atoms with Gasteiger partial charge >= 0.3 is 0 Å². The van der Waals surface area contributed by atoms with Crippen LogP contribution < -0.4 is 5.32 Å². The van der Waals surface area contributed by atoms with Crippen molar-refractivity contribution in [2.45, 2.75) is 13.0 Å². The van der Waals surface area contributed by atoms with Crippen LogP contribution in [0.2, 0.25) is 5.02 Å². The van der Waals surface area contributed by atoms with Gasteiger partial charge in [-0.25, -0.2) is 4.39 Å². The summed E-state index contributed by atoms with van der Waals surface area (Å²) < 4.78 is 13.0. The van der Waals surface area contributed by atoms with E-state index in [2.05, 4.69) is 5.32 Å². The van der Waals surface area contributed by atoms with Gasteiger partial charge in [0.15, 0.2) is 0 Å². The molecule has 0 saturated heterocycles. The lowest BCUT2D eigenvalue weighted by Crippen LogP contribution is -2.05. The molecule has 1 aromatic carbocycles. The van der Waals surface area contributed by atoms with Gasteiger partial charge in [-0.3, -0.25) is 0 Å². The zero-order valence-electron chi connectivity index (χ0n) is 8.71. The second-order valence-corrected chi connectivity index (χ2v) is 4.89. The maximum absolute atomic E-state index is 13.0. The topological polar surface area (TPSA) is 12.0 Å². The number of halogens is 2. The van der Waals surface area contributed by atoms with E-state index in [9.17, 15) is 4.39 Å². The average Bonchev–Trinajstić information content (AvgIpc) is 2.76. The van der Waals surface area contributed by atoms with Crippen LogP contribution in [0.4, 0.5) is 10.1 Å². The molecule has 2 aromatic rings. The van der Waals surface area contributed by atoms with Crippen molar-refractivity contribution in [1.82, 2.24) is 0 Å². The van der Waals surface area contributed by atoms with Gasteiger partial charge < -0.3 is 5.32 Å². The smallest absolute Gasteiger partial charge is 0.125 e. The van der Waals surface area contributed by atoms with E-state index in [1.165, 1.54) is 17.0 Å². The highest BCUT2D eigenvalue weighted by atomic mass is 35.5. The van der Waals surface area contributed by atoms with Gasteiger partial charge in [-0.2, -0.15) is 0 Å². The summed E-state index contributed by atoms with van der Waals surface area (Å²) in [5.74, 6) is -0.287. The molecule has 0 fully saturated rings. The highest BCUT2D eigenvalue weighted by molar-refractivity contribution is 7.10. The quantitative estimate of drug-likeness (QED) is 0.837. The zero-order valence-corrected chi connectivity index (χ0v) is 10.3. The summed E-state index contributed by atoms with van der Waals surface area (Å²) in [4.78, 5) is 1.19. The maximum atomic E-state index is 13.0. The van der Waals surface area contributed by atoms with Gasteiger partial charge in [-0.15, -0.1) is 11.3 Å². The van der Waals surface area contributed by atoms with Crippen LogP contribution in [0.3, 0.4) is 0 Å². The summed E-state index contributed by atoms with van der Waals surface area (Å²) in [6.07, 6.45) is 0. The summed E-state index contributed by atoms with van der Waals surface area (Å²) in [6, 6.07) is 8.47. The van der Waals surface area contributed by atoms with E-state index in [0.29, 0.717) is 10.7 Å². The molecule has 0 radical (unpaired) electrons. The van der Waals surface area contributed by atoms with Crippen LogP contribution in [-0.4, -0.2) is 0 Å². The van der Waals surface area contributed by atoms with Crippen LogP contribution in [0, 0.1) is 5.82 Å². The van der Waals surface area contributed by atoms with Crippen molar-refractivity contribution < 1.29 is 4.39 Å². The lowest BCUT2D eigenvalue weighted by molar-refractivity contribution is 0.628. The molecule has 1 atom stereocenters. The summed E-state index contributed by atoms with van der Waals surface area (Å²) in [5, 5.41) is 5.74. The Kier molecular flexibility index (Phi) is 3.46. The molecule has 1 unspecified atom stereocenters. The largest absolute Gasteiger partial charge is 0.376 e. The van der Waals surface area contributed by atoms with Crippen LogP contribution >= 0.6 is 22.9 Å². The molecule has 0 aliphatic carbocycles. The lowest BCUT2D eigenvalue weighted by Gasteiger charge is -2.14. The highest BCUT2D eigenvalue weighted by Crippen LogP contribution is 2.28. The van der Waals surface area contributed by atoms with Crippen molar-refractivity contribution in [3.63, 3.8) is 0 Å². The van der Waals surface area contributed by atoms with Gasteiger partial charge in [0.25, 0.3) is 0 Å². The number of hydrogen-bond acceptors (Lipinski definition) is 2. The number of thiophene rings is 1. The summed E-state index contributed by atoms with van der Waals surface area (Å²) in [7, 11) is 0. The Bertz CT molecular complexity index is 470. The number of benzene rings is 1. The fourth-order valence-corrected chi connectivity index (χ4v) is 2.36. The Labute approximate surface area is 103 Å². The van der Waals surface area contributed by atoms with Crippen LogP contribution in [0.5, 0.6) is 0 Å². The monoisotopic (exact) mass is 255 g/mol. The molecule has 0 amide bonds. The lowest BCUT2D eigenvalue weighted by atomic mass is 10.2. The molecule has 1 N–H and O–H groups in total. The van der Waals surface area contributed by atoms with E-state index in [4.69, 9.17) is 11.6 Å². The fraction of sp³-hybridized carbons (Fsp3) is 0.167. The first-order chi connectivity index (χ1) is 7.66. The maximum Gasteiger partial charge on any atom is 0.125 e. The minimum absolute atomic E-state index is 0.124. The summed E-state index contributed by atoms with van der Waals surface area (Å²) >= 11 is 7.64. The van der Waals surface area contributed by atoms with Crippen LogP contribution in [0.1, 0.15) is 17.8 Å². The molecule has 16 heavy (non-hydrogen) atoms. The predicted molar refractivity (Wildman–Crippen MR) is 67.8 cm³/mol. The minimum atomic E-state index is -0.287. The molecule has 0 spiro atoms. The fourth-order valence-electron chi connectivity index (χ4n) is 1.45. The molecule has 4 heteroatoms. The standard InChI is InChI=1S/C12H11ClFNS/c1-8(12-3-2-6-16-12)15-11-7-9(14)4-5-10(11)13/h2-8,15H,1H3. The minimum Gasteiger partial charge on any atom is -0.376 e. The van der Waals surface area contributed by atoms with Crippen molar-refractivity contribution in [3.8, 4) is 0 Å². The Hall–Kier alpha value is -1.06. The molecule has 0 bridgehead atoms. The van der Waals surface area contributed by atoms with Gasteiger partial charge in [0, 0.05) is 4.88 Å². The van der Waals surface area contributed by atoms with Crippen molar-refractivity contribution in [3.05, 3.63) is 51.4 Å². The van der Waals surface area contributed by atoms with Crippen LogP contribution in [-0.2, 0) is 0 Å². The SMILES string of the molecule is CC(Nc1cc(F)ccc1Cl)c1cccs1. The van der Waals surface area contributed by atoms with Gasteiger partial charge in [-0.05, 0) is 36.6 Å². The third-order valence-electron chi connectivity index (χ3n) is 2.27. The first-order valence-corrected chi connectivity index (χ1v) is 6.17. The van der Waals surface area contributed by atoms with E-state index in [0.717, 1.165) is 0 Å². The Balaban J connectivity index is 2.17. The average molecular weight is 256 g/mol. The van der Waals surface area contributed by atoms with Crippen molar-refractivity contribution in [1.29, 1.82) is 0 Å². The van der Waals surface area contributed by atoms with E-state index in [-0.39, 0.29) is 11.9 Å². The molecular formula is C12H11ClFNS. The molecule has 1 nitrogen and oxygen atoms in total. The highest BCUT2D eigenvalue weighted by Gasteiger charge is 2.09. The number of hydrogen-bond donors (Lipinski definition) is 1. The third-order valence-corrected chi connectivity index (χ3v) is 3.65. The number of anilines is 1. The normalized spacial score (nSPS) is 12.4. The van der Waals surface area contributed by atoms with Gasteiger partial charge in [-0.1, -0.05) is 17.7 Å². The van der Waals surface area contributed by atoms with Gasteiger partial charge in [0.05, 0.1) is 16.8 Å². The van der Waals surface area contributed by atoms with Gasteiger partial charge in [0.1, 0.15) is 5.82 Å². The summed E-state index contributed by atoms with van der Waals surface area (Å²) in [5.41, 5.74) is 0.627. The molecule has 0 saturated carbocycles. The molecule has 1 heterocycles. The van der Waals surface area contributed by atoms with Crippen LogP contribution in [0.25, 0.3) is 0 Å². The van der Waals surface area contributed by atoms with Gasteiger partial charge in [0.2, 0.25) is 0 Å². The third kappa shape index (κ3) is 2.54. The molecule has 0 aliphatic heterocycles. The van der Waals surface area contributed by atoms with Crippen molar-refractivity contribution >= 4 is 28.6 Å². The van der Waals surface area contributed by atoms with Crippen molar-refractivity contribution in [2.75, 3.05) is 5.32 Å². The first kappa shape index (κ1) is 11.4. The van der Waals surface area contributed by atoms with E-state index in [1.54, 1.807) is 17.4 Å². The second-order valence-electron chi connectivity index (χ2n) is 3.51. The number of rotatable bonds is 3. The second kappa shape index (κ2) is 4.85. The molecular weight excluding hydrogens is 245 g/mol. The number of nitrogens with one attached hydrogen (secondary N) is 1. The van der Waals surface area contributed by atoms with E-state index in [1.807, 2.05) is 24.4 Å². The van der Waals surface area contributed by atoms with E-state index < -0.39 is 0 Å². The molecule has 84 valence electrons. The van der Waals surface area contributed by atoms with Crippen molar-refractivity contribution in [2.24, 2.45) is 0 Å². The Morgan fingerprint density at radius 3 is 2.88 bits per heavy atom. The van der Waals surface area contributed by atoms with E-state index >= 15 is 0 Å². The first-order valence-electron chi connectivity index (χ1n) is 4.92. The molecule has 0 aliphatic rings. The summed E-state index contributed by atoms with van der Waals surface area (Å²) in [6.45, 7) is 2.02. The Morgan fingerprint density at radius 2 is 2.19 bits per heavy atom. The van der Waals surface area contributed by atoms with Crippen LogP contribution in [0.15, 0.2) is 35.7 Å². The Morgan fingerprint density at radius 1 is 1.38 bits per heavy atom. The zero-order chi connectivity index (χ0) is 11.5. The molecule has 2 rings (SSSR count).